The van der Waals surface area contributed by atoms with Gasteiger partial charge < -0.3 is 10.0 Å². The van der Waals surface area contributed by atoms with Gasteiger partial charge in [-0.1, -0.05) is 18.2 Å². The Morgan fingerprint density at radius 2 is 1.91 bits per heavy atom. The summed E-state index contributed by atoms with van der Waals surface area (Å²) in [6, 6.07) is 9.10. The van der Waals surface area contributed by atoms with Gasteiger partial charge in [-0.25, -0.2) is 4.39 Å². The third kappa shape index (κ3) is 4.79. The molecule has 3 amide bonds. The Kier molecular flexibility index (Phi) is 6.80. The van der Waals surface area contributed by atoms with Crippen LogP contribution >= 0.6 is 0 Å². The molecule has 0 aliphatic carbocycles. The van der Waals surface area contributed by atoms with E-state index in [9.17, 15) is 18.8 Å². The molecule has 0 saturated carbocycles. The van der Waals surface area contributed by atoms with E-state index in [-0.39, 0.29) is 31.9 Å². The van der Waals surface area contributed by atoms with Crippen molar-refractivity contribution in [1.29, 1.82) is 0 Å². The normalized spacial score (nSPS) is 21.6. The molecular weight excluding hydrogens is 427 g/mol. The van der Waals surface area contributed by atoms with Crippen LogP contribution in [0.4, 0.5) is 4.39 Å². The van der Waals surface area contributed by atoms with Crippen LogP contribution in [0.25, 0.3) is 0 Å². The van der Waals surface area contributed by atoms with E-state index in [2.05, 4.69) is 9.88 Å². The number of imide groups is 1. The lowest BCUT2D eigenvalue weighted by molar-refractivity contribution is -0.143. The second kappa shape index (κ2) is 9.76. The molecule has 1 N–H and O–H groups in total. The SMILES string of the molecule is O=C(C[C@@]1(c2cccc(F)c2)CC(=O)N(Cc2cccnc2)C1=O)N1CCN(CCO)CC1. The van der Waals surface area contributed by atoms with Crippen molar-refractivity contribution in [3.8, 4) is 0 Å². The Balaban J connectivity index is 1.60. The zero-order valence-electron chi connectivity index (χ0n) is 18.3. The number of benzene rings is 1. The number of aliphatic hydroxyl groups is 1. The van der Waals surface area contributed by atoms with Crippen molar-refractivity contribution in [3.63, 3.8) is 0 Å². The van der Waals surface area contributed by atoms with Gasteiger partial charge in [-0.05, 0) is 29.3 Å². The number of carbonyl (C=O) groups excluding carboxylic acids is 3. The number of carbonyl (C=O) groups is 3. The van der Waals surface area contributed by atoms with Crippen LogP contribution in [-0.4, -0.2) is 81.8 Å². The number of aromatic nitrogens is 1. The van der Waals surface area contributed by atoms with E-state index in [4.69, 9.17) is 5.11 Å². The minimum absolute atomic E-state index is 0.0522. The molecule has 1 aromatic carbocycles. The van der Waals surface area contributed by atoms with E-state index in [1.54, 1.807) is 35.5 Å². The van der Waals surface area contributed by atoms with E-state index in [1.165, 1.54) is 18.2 Å². The summed E-state index contributed by atoms with van der Waals surface area (Å²) >= 11 is 0. The van der Waals surface area contributed by atoms with E-state index in [0.29, 0.717) is 43.9 Å². The molecule has 1 aromatic heterocycles. The second-order valence-electron chi connectivity index (χ2n) is 8.54. The maximum atomic E-state index is 14.1. The first kappa shape index (κ1) is 23.0. The third-order valence-electron chi connectivity index (χ3n) is 6.44. The average molecular weight is 455 g/mol. The molecule has 1 atom stereocenters. The predicted octanol–water partition coefficient (Wildman–Crippen LogP) is 0.944. The van der Waals surface area contributed by atoms with Gasteiger partial charge in [0.25, 0.3) is 0 Å². The number of nitrogens with zero attached hydrogens (tertiary/aromatic N) is 4. The lowest BCUT2D eigenvalue weighted by atomic mass is 9.75. The quantitative estimate of drug-likeness (QED) is 0.626. The Morgan fingerprint density at radius 1 is 1.12 bits per heavy atom. The maximum absolute atomic E-state index is 14.1. The number of likely N-dealkylation sites (tertiary alicyclic amines) is 1. The first-order valence-corrected chi connectivity index (χ1v) is 11.0. The summed E-state index contributed by atoms with van der Waals surface area (Å²) < 4.78 is 14.1. The van der Waals surface area contributed by atoms with Gasteiger partial charge in [0.1, 0.15) is 5.82 Å². The van der Waals surface area contributed by atoms with Gasteiger partial charge in [0, 0.05) is 58.0 Å². The molecule has 0 radical (unpaired) electrons. The van der Waals surface area contributed by atoms with Gasteiger partial charge in [-0.2, -0.15) is 0 Å². The molecule has 2 saturated heterocycles. The van der Waals surface area contributed by atoms with Gasteiger partial charge in [0.15, 0.2) is 0 Å². The highest BCUT2D eigenvalue weighted by Gasteiger charge is 2.54. The van der Waals surface area contributed by atoms with Crippen LogP contribution in [0.15, 0.2) is 48.8 Å². The van der Waals surface area contributed by atoms with Gasteiger partial charge in [0.05, 0.1) is 18.6 Å². The molecule has 0 bridgehead atoms. The molecule has 33 heavy (non-hydrogen) atoms. The van der Waals surface area contributed by atoms with Crippen LogP contribution in [0.2, 0.25) is 0 Å². The van der Waals surface area contributed by atoms with Crippen molar-refractivity contribution < 1.29 is 23.9 Å². The second-order valence-corrected chi connectivity index (χ2v) is 8.54. The fourth-order valence-electron chi connectivity index (χ4n) is 4.62. The maximum Gasteiger partial charge on any atom is 0.241 e. The summed E-state index contributed by atoms with van der Waals surface area (Å²) in [7, 11) is 0. The molecule has 2 aromatic rings. The summed E-state index contributed by atoms with van der Waals surface area (Å²) in [6.07, 6.45) is 2.79. The molecule has 8 nitrogen and oxygen atoms in total. The Hall–Kier alpha value is -3.17. The lowest BCUT2D eigenvalue weighted by Gasteiger charge is -2.36. The Morgan fingerprint density at radius 3 is 2.58 bits per heavy atom. The number of rotatable bonds is 7. The number of hydrogen-bond acceptors (Lipinski definition) is 6. The molecule has 2 aliphatic rings. The molecule has 2 fully saturated rings. The highest BCUT2D eigenvalue weighted by atomic mass is 19.1. The predicted molar refractivity (Wildman–Crippen MR) is 117 cm³/mol. The zero-order chi connectivity index (χ0) is 23.4. The lowest BCUT2D eigenvalue weighted by Crippen LogP contribution is -2.51. The number of aliphatic hydroxyl groups excluding tert-OH is 1. The van der Waals surface area contributed by atoms with Crippen LogP contribution in [0, 0.1) is 5.82 Å². The van der Waals surface area contributed by atoms with Crippen molar-refractivity contribution >= 4 is 17.7 Å². The first-order valence-electron chi connectivity index (χ1n) is 11.0. The summed E-state index contributed by atoms with van der Waals surface area (Å²) in [5.74, 6) is -1.65. The monoisotopic (exact) mass is 454 g/mol. The molecular formula is C24H27FN4O4. The highest BCUT2D eigenvalue weighted by molar-refractivity contribution is 6.10. The van der Waals surface area contributed by atoms with E-state index in [0.717, 1.165) is 4.90 Å². The summed E-state index contributed by atoms with van der Waals surface area (Å²) in [5.41, 5.74) is -0.414. The summed E-state index contributed by atoms with van der Waals surface area (Å²) in [4.78, 5) is 48.8. The summed E-state index contributed by atoms with van der Waals surface area (Å²) in [5, 5.41) is 9.12. The largest absolute Gasteiger partial charge is 0.395 e. The molecule has 0 spiro atoms. The fraction of sp³-hybridized carbons (Fsp3) is 0.417. The zero-order valence-corrected chi connectivity index (χ0v) is 18.3. The van der Waals surface area contributed by atoms with Crippen molar-refractivity contribution in [2.45, 2.75) is 24.8 Å². The number of hydrogen-bond donors (Lipinski definition) is 1. The molecule has 174 valence electrons. The standard InChI is InChI=1S/C24H27FN4O4/c25-20-5-1-4-19(13-20)24(14-21(31)28-9-7-27(8-10-28)11-12-30)15-22(32)29(23(24)33)17-18-3-2-6-26-16-18/h1-6,13,16,30H,7-12,14-15,17H2/t24-/m0/s1. The highest BCUT2D eigenvalue weighted by Crippen LogP contribution is 2.41. The van der Waals surface area contributed by atoms with Gasteiger partial charge in [0.2, 0.25) is 17.7 Å². The topological polar surface area (TPSA) is 94.0 Å². The minimum Gasteiger partial charge on any atom is -0.395 e. The van der Waals surface area contributed by atoms with E-state index >= 15 is 0 Å². The van der Waals surface area contributed by atoms with Crippen molar-refractivity contribution in [2.75, 3.05) is 39.3 Å². The molecule has 4 rings (SSSR count). The van der Waals surface area contributed by atoms with Crippen LogP contribution in [-0.2, 0) is 26.3 Å². The smallest absolute Gasteiger partial charge is 0.241 e. The minimum atomic E-state index is -1.44. The number of piperazine rings is 1. The van der Waals surface area contributed by atoms with E-state index < -0.39 is 23.0 Å². The Bertz CT molecular complexity index is 1030. The average Bonchev–Trinajstić information content (AvgIpc) is 3.05. The fourth-order valence-corrected chi connectivity index (χ4v) is 4.62. The van der Waals surface area contributed by atoms with Crippen LogP contribution in [0.1, 0.15) is 24.0 Å². The number of amides is 3. The number of pyridine rings is 1. The van der Waals surface area contributed by atoms with Crippen molar-refractivity contribution in [2.24, 2.45) is 0 Å². The first-order chi connectivity index (χ1) is 15.9. The third-order valence-corrected chi connectivity index (χ3v) is 6.44. The van der Waals surface area contributed by atoms with Gasteiger partial charge >= 0.3 is 0 Å². The molecule has 0 unspecified atom stereocenters. The van der Waals surface area contributed by atoms with E-state index in [1.807, 2.05) is 0 Å². The molecule has 9 heteroatoms. The molecule has 2 aliphatic heterocycles. The van der Waals surface area contributed by atoms with Crippen LogP contribution in [0.5, 0.6) is 0 Å². The van der Waals surface area contributed by atoms with Crippen molar-refractivity contribution in [1.82, 2.24) is 19.7 Å². The number of halogens is 1. The van der Waals surface area contributed by atoms with Gasteiger partial charge in [-0.15, -0.1) is 0 Å². The summed E-state index contributed by atoms with van der Waals surface area (Å²) in [6.45, 7) is 2.85. The molecule has 3 heterocycles. The van der Waals surface area contributed by atoms with Crippen molar-refractivity contribution in [3.05, 3.63) is 65.7 Å². The van der Waals surface area contributed by atoms with Gasteiger partial charge in [-0.3, -0.25) is 29.2 Å². The number of β-amino-alcohol motifs (C(OH)–C–C–N with tert-alkyl or cyclic N) is 1. The Labute approximate surface area is 191 Å². The van der Waals surface area contributed by atoms with Crippen LogP contribution < -0.4 is 0 Å². The van der Waals surface area contributed by atoms with Crippen LogP contribution in [0.3, 0.4) is 0 Å².